The van der Waals surface area contributed by atoms with Crippen LogP contribution in [-0.2, 0) is 9.84 Å². The van der Waals surface area contributed by atoms with E-state index in [1.54, 1.807) is 0 Å². The van der Waals surface area contributed by atoms with Gasteiger partial charge in [-0.15, -0.1) is 0 Å². The van der Waals surface area contributed by atoms with Crippen LogP contribution < -0.4 is 0 Å². The minimum absolute atomic E-state index is 0.726. The molecule has 3 N–H and O–H groups in total. The van der Waals surface area contributed by atoms with Crippen molar-refractivity contribution >= 4 is 0 Å². The lowest BCUT2D eigenvalue weighted by Gasteiger charge is -2.35. The second-order valence-electron chi connectivity index (χ2n) is 2.68. The number of aliphatic hydroxyl groups is 3. The van der Waals surface area contributed by atoms with Gasteiger partial charge in [0.1, 0.15) is 18.3 Å². The highest BCUT2D eigenvalue weighted by atomic mass is 16.6. The molecule has 0 spiro atoms. The predicted molar refractivity (Wildman–Crippen MR) is 33.0 cm³/mol. The Morgan fingerprint density at radius 3 is 2.18 bits per heavy atom. The van der Waals surface area contributed by atoms with Crippen molar-refractivity contribution in [2.45, 2.75) is 37.6 Å². The molecule has 1 fully saturated rings. The standard InChI is InChI=1S/C6H11O5/c1-2-3(7)4(8)5(9)6(10)11-2/h2-9H,1H3/t2-,3+,4+,5-,6?/m1/s1. The minimum atomic E-state index is -1.66. The summed E-state index contributed by atoms with van der Waals surface area (Å²) in [5, 5.41) is 37.7. The Labute approximate surface area is 63.8 Å². The van der Waals surface area contributed by atoms with Crippen LogP contribution in [0.3, 0.4) is 0 Å². The van der Waals surface area contributed by atoms with E-state index in [1.807, 2.05) is 0 Å². The smallest absolute Gasteiger partial charge is 0.220 e. The molecule has 1 aliphatic rings. The summed E-state index contributed by atoms with van der Waals surface area (Å²) in [5.74, 6) is 0. The average molecular weight is 163 g/mol. The summed E-state index contributed by atoms with van der Waals surface area (Å²) in [7, 11) is 0. The summed E-state index contributed by atoms with van der Waals surface area (Å²) in [4.78, 5) is 0. The van der Waals surface area contributed by atoms with Crippen molar-refractivity contribution in [3.63, 3.8) is 0 Å². The Morgan fingerprint density at radius 2 is 1.64 bits per heavy atom. The lowest BCUT2D eigenvalue weighted by Crippen LogP contribution is -2.56. The maximum absolute atomic E-state index is 10.7. The molecule has 0 amide bonds. The van der Waals surface area contributed by atoms with Crippen LogP contribution in [0.5, 0.6) is 0 Å². The molecule has 0 aromatic heterocycles. The largest absolute Gasteiger partial charge is 0.388 e. The second-order valence-corrected chi connectivity index (χ2v) is 2.68. The van der Waals surface area contributed by atoms with Crippen LogP contribution in [0.1, 0.15) is 6.92 Å². The van der Waals surface area contributed by atoms with Gasteiger partial charge >= 0.3 is 0 Å². The van der Waals surface area contributed by atoms with Gasteiger partial charge in [0.05, 0.1) is 6.10 Å². The van der Waals surface area contributed by atoms with Crippen molar-refractivity contribution in [3.8, 4) is 0 Å². The zero-order chi connectivity index (χ0) is 8.59. The quantitative estimate of drug-likeness (QED) is 0.395. The molecule has 11 heavy (non-hydrogen) atoms. The first kappa shape index (κ1) is 8.89. The molecule has 0 aliphatic carbocycles. The second kappa shape index (κ2) is 3.04. The number of hydrogen-bond acceptors (Lipinski definition) is 4. The van der Waals surface area contributed by atoms with Crippen LogP contribution >= 0.6 is 0 Å². The number of hydrogen-bond donors (Lipinski definition) is 3. The Hall–Kier alpha value is -0.200. The fraction of sp³-hybridized carbons (Fsp3) is 1.00. The Kier molecular flexibility index (Phi) is 2.46. The summed E-state index contributed by atoms with van der Waals surface area (Å²) in [5.41, 5.74) is 0. The maximum Gasteiger partial charge on any atom is 0.220 e. The van der Waals surface area contributed by atoms with Gasteiger partial charge in [-0.1, -0.05) is 0 Å². The lowest BCUT2D eigenvalue weighted by molar-refractivity contribution is -0.295. The molecule has 0 bridgehead atoms. The van der Waals surface area contributed by atoms with Crippen molar-refractivity contribution in [1.29, 1.82) is 0 Å². The summed E-state index contributed by atoms with van der Waals surface area (Å²) in [6.07, 6.45) is -6.52. The molecule has 5 heteroatoms. The van der Waals surface area contributed by atoms with Gasteiger partial charge in [-0.3, -0.25) is 0 Å². The van der Waals surface area contributed by atoms with E-state index in [0.29, 0.717) is 0 Å². The van der Waals surface area contributed by atoms with E-state index in [0.717, 1.165) is 0 Å². The third-order valence-electron chi connectivity index (χ3n) is 1.81. The molecule has 5 nitrogen and oxygen atoms in total. The first-order valence-corrected chi connectivity index (χ1v) is 3.39. The molecule has 5 atom stereocenters. The van der Waals surface area contributed by atoms with Gasteiger partial charge in [0.25, 0.3) is 0 Å². The monoisotopic (exact) mass is 163 g/mol. The van der Waals surface area contributed by atoms with E-state index in [-0.39, 0.29) is 0 Å². The van der Waals surface area contributed by atoms with E-state index >= 15 is 0 Å². The topological polar surface area (TPSA) is 89.8 Å². The molecule has 0 saturated carbocycles. The minimum Gasteiger partial charge on any atom is -0.388 e. The van der Waals surface area contributed by atoms with Crippen molar-refractivity contribution in [1.82, 2.24) is 0 Å². The summed E-state index contributed by atoms with van der Waals surface area (Å²) in [6, 6.07) is 0. The van der Waals surface area contributed by atoms with Crippen LogP contribution in [0.25, 0.3) is 0 Å². The number of rotatable bonds is 0. The Bertz CT molecular complexity index is 125. The Morgan fingerprint density at radius 1 is 1.09 bits per heavy atom. The van der Waals surface area contributed by atoms with Gasteiger partial charge in [0.2, 0.25) is 6.29 Å². The highest BCUT2D eigenvalue weighted by Gasteiger charge is 2.41. The van der Waals surface area contributed by atoms with Crippen LogP contribution in [-0.4, -0.2) is 46.0 Å². The number of ether oxygens (including phenoxy) is 1. The summed E-state index contributed by atoms with van der Waals surface area (Å²) >= 11 is 0. The van der Waals surface area contributed by atoms with Crippen molar-refractivity contribution in [3.05, 3.63) is 0 Å². The van der Waals surface area contributed by atoms with Crippen LogP contribution in [0.4, 0.5) is 0 Å². The summed E-state index contributed by atoms with van der Waals surface area (Å²) < 4.78 is 4.57. The van der Waals surface area contributed by atoms with Gasteiger partial charge in [-0.25, -0.2) is 0 Å². The van der Waals surface area contributed by atoms with Crippen molar-refractivity contribution in [2.75, 3.05) is 0 Å². The van der Waals surface area contributed by atoms with Crippen molar-refractivity contribution < 1.29 is 25.2 Å². The summed E-state index contributed by atoms with van der Waals surface area (Å²) in [6.45, 7) is 1.46. The van der Waals surface area contributed by atoms with Crippen LogP contribution in [0.2, 0.25) is 0 Å². The van der Waals surface area contributed by atoms with E-state index < -0.39 is 30.7 Å². The number of aliphatic hydroxyl groups excluding tert-OH is 3. The Balaban J connectivity index is 2.63. The third kappa shape index (κ3) is 1.52. The zero-order valence-electron chi connectivity index (χ0n) is 6.04. The SMILES string of the molecule is C[C@H]1OC([O])[C@H](O)[C@@H](O)[C@H]1O. The molecule has 1 rings (SSSR count). The molecule has 1 unspecified atom stereocenters. The predicted octanol–water partition coefficient (Wildman–Crippen LogP) is -1.76. The van der Waals surface area contributed by atoms with Gasteiger partial charge in [0.15, 0.2) is 0 Å². The highest BCUT2D eigenvalue weighted by molar-refractivity contribution is 4.85. The maximum atomic E-state index is 10.7. The highest BCUT2D eigenvalue weighted by Crippen LogP contribution is 2.19. The zero-order valence-corrected chi connectivity index (χ0v) is 6.04. The van der Waals surface area contributed by atoms with Crippen molar-refractivity contribution in [2.24, 2.45) is 0 Å². The molecule has 1 heterocycles. The van der Waals surface area contributed by atoms with E-state index in [1.165, 1.54) is 6.92 Å². The molecule has 1 saturated heterocycles. The third-order valence-corrected chi connectivity index (χ3v) is 1.81. The first-order valence-electron chi connectivity index (χ1n) is 3.39. The van der Waals surface area contributed by atoms with Gasteiger partial charge in [-0.2, -0.15) is 5.11 Å². The molecule has 0 aromatic carbocycles. The van der Waals surface area contributed by atoms with Gasteiger partial charge < -0.3 is 20.1 Å². The van der Waals surface area contributed by atoms with Gasteiger partial charge in [0, 0.05) is 0 Å². The van der Waals surface area contributed by atoms with Crippen LogP contribution in [0.15, 0.2) is 0 Å². The molecule has 65 valence electrons. The molecule has 1 radical (unpaired) electrons. The van der Waals surface area contributed by atoms with Gasteiger partial charge in [-0.05, 0) is 6.92 Å². The van der Waals surface area contributed by atoms with Crippen LogP contribution in [0, 0.1) is 0 Å². The molecular formula is C6H11O5. The normalized spacial score (nSPS) is 52.6. The van der Waals surface area contributed by atoms with E-state index in [4.69, 9.17) is 15.3 Å². The fourth-order valence-corrected chi connectivity index (χ4v) is 1.01. The first-order chi connectivity index (χ1) is 5.04. The molecular weight excluding hydrogens is 152 g/mol. The lowest BCUT2D eigenvalue weighted by atomic mass is 10.0. The fourth-order valence-electron chi connectivity index (χ4n) is 1.01. The van der Waals surface area contributed by atoms with E-state index in [9.17, 15) is 5.11 Å². The molecule has 1 aliphatic heterocycles. The average Bonchev–Trinajstić information content (AvgIpc) is 1.97. The van der Waals surface area contributed by atoms with E-state index in [2.05, 4.69) is 4.74 Å². The molecule has 0 aromatic rings.